The Kier molecular flexibility index (Phi) is 7.40. The Morgan fingerprint density at radius 1 is 1.06 bits per heavy atom. The third-order valence-electron chi connectivity index (χ3n) is 5.40. The number of hydrogen-bond acceptors (Lipinski definition) is 7. The van der Waals surface area contributed by atoms with E-state index in [0.29, 0.717) is 18.8 Å². The second kappa shape index (κ2) is 10.5. The number of anilines is 1. The Hall–Kier alpha value is -3.08. The van der Waals surface area contributed by atoms with E-state index in [1.165, 1.54) is 16.4 Å². The van der Waals surface area contributed by atoms with Gasteiger partial charge in [-0.3, -0.25) is 10.1 Å². The van der Waals surface area contributed by atoms with E-state index in [4.69, 9.17) is 4.74 Å². The lowest BCUT2D eigenvalue weighted by molar-refractivity contribution is 0.0532. The van der Waals surface area contributed by atoms with E-state index in [0.717, 1.165) is 36.2 Å². The van der Waals surface area contributed by atoms with Gasteiger partial charge in [-0.15, -0.1) is 0 Å². The summed E-state index contributed by atoms with van der Waals surface area (Å²) < 4.78 is 32.6. The van der Waals surface area contributed by atoms with Crippen LogP contribution in [0.1, 0.15) is 46.2 Å². The average molecular weight is 500 g/mol. The van der Waals surface area contributed by atoms with E-state index in [2.05, 4.69) is 10.3 Å². The lowest BCUT2D eigenvalue weighted by Gasteiger charge is -2.26. The molecule has 10 heteroatoms. The van der Waals surface area contributed by atoms with Gasteiger partial charge in [-0.1, -0.05) is 54.2 Å². The number of amides is 1. The zero-order valence-corrected chi connectivity index (χ0v) is 20.3. The first-order valence-electron chi connectivity index (χ1n) is 11.0. The van der Waals surface area contributed by atoms with Gasteiger partial charge in [0.05, 0.1) is 17.2 Å². The number of ether oxygens (including phenoxy) is 1. The number of nitrogens with one attached hydrogen (secondary N) is 1. The quantitative estimate of drug-likeness (QED) is 0.483. The third kappa shape index (κ3) is 5.19. The predicted octanol–water partition coefficient (Wildman–Crippen LogP) is 4.41. The molecule has 1 fully saturated rings. The van der Waals surface area contributed by atoms with Crippen molar-refractivity contribution >= 4 is 38.4 Å². The van der Waals surface area contributed by atoms with Crippen molar-refractivity contribution in [1.29, 1.82) is 0 Å². The van der Waals surface area contributed by atoms with Crippen molar-refractivity contribution in [2.24, 2.45) is 0 Å². The molecule has 0 unspecified atom stereocenters. The molecule has 2 heterocycles. The van der Waals surface area contributed by atoms with Crippen molar-refractivity contribution in [2.45, 2.75) is 31.1 Å². The van der Waals surface area contributed by atoms with Crippen LogP contribution in [0.4, 0.5) is 5.13 Å². The first kappa shape index (κ1) is 24.1. The zero-order chi connectivity index (χ0) is 24.1. The van der Waals surface area contributed by atoms with Crippen LogP contribution in [-0.2, 0) is 14.8 Å². The summed E-state index contributed by atoms with van der Waals surface area (Å²) in [7, 11) is -3.67. The second-order valence-electron chi connectivity index (χ2n) is 7.73. The Bertz CT molecular complexity index is 1280. The van der Waals surface area contributed by atoms with Crippen LogP contribution in [0.5, 0.6) is 0 Å². The molecule has 2 aromatic carbocycles. The molecule has 0 spiro atoms. The van der Waals surface area contributed by atoms with Crippen molar-refractivity contribution < 1.29 is 22.7 Å². The van der Waals surface area contributed by atoms with Crippen molar-refractivity contribution in [3.05, 3.63) is 65.0 Å². The smallest absolute Gasteiger partial charge is 0.350 e. The summed E-state index contributed by atoms with van der Waals surface area (Å²) in [5, 5.41) is 2.91. The van der Waals surface area contributed by atoms with E-state index >= 15 is 0 Å². The van der Waals surface area contributed by atoms with Gasteiger partial charge in [-0.2, -0.15) is 4.31 Å². The maximum absolute atomic E-state index is 13.0. The molecular weight excluding hydrogens is 474 g/mol. The van der Waals surface area contributed by atoms with Gasteiger partial charge in [0.25, 0.3) is 5.91 Å². The van der Waals surface area contributed by atoms with Crippen LogP contribution in [0.2, 0.25) is 0 Å². The summed E-state index contributed by atoms with van der Waals surface area (Å²) in [4.78, 5) is 30.2. The zero-order valence-electron chi connectivity index (χ0n) is 18.7. The van der Waals surface area contributed by atoms with Crippen molar-refractivity contribution in [1.82, 2.24) is 9.29 Å². The van der Waals surface area contributed by atoms with Gasteiger partial charge >= 0.3 is 5.97 Å². The number of nitrogens with zero attached hydrogens (tertiary/aromatic N) is 2. The SMILES string of the molecule is CCOC(=O)c1sc(NC(=O)c2cccc(S(=O)(=O)N3CCCCC3)c2)nc1-c1ccccc1. The number of carbonyl (C=O) groups excluding carboxylic acids is 2. The van der Waals surface area contributed by atoms with Gasteiger partial charge in [0.2, 0.25) is 10.0 Å². The number of carbonyl (C=O) groups is 2. The maximum Gasteiger partial charge on any atom is 0.350 e. The Labute approximate surface area is 202 Å². The standard InChI is InChI=1S/C24H25N3O5S2/c1-2-32-23(29)21-20(17-10-5-3-6-11-17)25-24(33-21)26-22(28)18-12-9-13-19(16-18)34(30,31)27-14-7-4-8-15-27/h3,5-6,9-13,16H,2,4,7-8,14-15H2,1H3,(H,25,26,28). The molecule has 1 aromatic heterocycles. The largest absolute Gasteiger partial charge is 0.462 e. The fourth-order valence-electron chi connectivity index (χ4n) is 3.72. The molecule has 34 heavy (non-hydrogen) atoms. The number of piperidine rings is 1. The number of hydrogen-bond donors (Lipinski definition) is 1. The first-order valence-corrected chi connectivity index (χ1v) is 13.3. The minimum absolute atomic E-state index is 0.0818. The third-order valence-corrected chi connectivity index (χ3v) is 8.25. The van der Waals surface area contributed by atoms with Gasteiger partial charge in [-0.25, -0.2) is 18.2 Å². The van der Waals surface area contributed by atoms with Crippen LogP contribution >= 0.6 is 11.3 Å². The van der Waals surface area contributed by atoms with Crippen LogP contribution in [0.15, 0.2) is 59.5 Å². The van der Waals surface area contributed by atoms with Gasteiger partial charge < -0.3 is 4.74 Å². The molecule has 0 radical (unpaired) electrons. The van der Waals surface area contributed by atoms with Gasteiger partial charge in [0.1, 0.15) is 4.88 Å². The Balaban J connectivity index is 1.59. The molecule has 178 valence electrons. The van der Waals surface area contributed by atoms with Crippen molar-refractivity contribution in [3.8, 4) is 11.3 Å². The summed E-state index contributed by atoms with van der Waals surface area (Å²) in [6.45, 7) is 2.90. The number of benzene rings is 2. The molecule has 1 amide bonds. The Morgan fingerprint density at radius 2 is 1.79 bits per heavy atom. The molecule has 1 aliphatic heterocycles. The van der Waals surface area contributed by atoms with E-state index in [1.807, 2.05) is 30.3 Å². The highest BCUT2D eigenvalue weighted by atomic mass is 32.2. The average Bonchev–Trinajstić information content (AvgIpc) is 3.29. The fraction of sp³-hybridized carbons (Fsp3) is 0.292. The molecule has 0 saturated carbocycles. The van der Waals surface area contributed by atoms with E-state index < -0.39 is 21.9 Å². The first-order chi connectivity index (χ1) is 16.4. The predicted molar refractivity (Wildman–Crippen MR) is 131 cm³/mol. The van der Waals surface area contributed by atoms with Crippen molar-refractivity contribution in [2.75, 3.05) is 25.0 Å². The molecule has 1 aliphatic rings. The number of esters is 1. The number of thiazole rings is 1. The minimum atomic E-state index is -3.67. The topological polar surface area (TPSA) is 106 Å². The van der Waals surface area contributed by atoms with Gasteiger partial charge in [0, 0.05) is 24.2 Å². The minimum Gasteiger partial charge on any atom is -0.462 e. The maximum atomic E-state index is 13.0. The molecule has 3 aromatic rings. The van der Waals surface area contributed by atoms with Gasteiger partial charge in [-0.05, 0) is 38.0 Å². The van der Waals surface area contributed by atoms with Crippen LogP contribution in [-0.4, -0.2) is 49.3 Å². The number of sulfonamides is 1. The van der Waals surface area contributed by atoms with E-state index in [-0.39, 0.29) is 27.1 Å². The van der Waals surface area contributed by atoms with Crippen molar-refractivity contribution in [3.63, 3.8) is 0 Å². The van der Waals surface area contributed by atoms with E-state index in [1.54, 1.807) is 19.1 Å². The van der Waals surface area contributed by atoms with Crippen LogP contribution in [0.25, 0.3) is 11.3 Å². The van der Waals surface area contributed by atoms with Crippen LogP contribution < -0.4 is 5.32 Å². The lowest BCUT2D eigenvalue weighted by atomic mass is 10.1. The highest BCUT2D eigenvalue weighted by molar-refractivity contribution is 7.89. The molecule has 0 aliphatic carbocycles. The molecule has 0 atom stereocenters. The van der Waals surface area contributed by atoms with Crippen LogP contribution in [0.3, 0.4) is 0 Å². The van der Waals surface area contributed by atoms with Crippen LogP contribution in [0, 0.1) is 0 Å². The monoisotopic (exact) mass is 499 g/mol. The number of rotatable bonds is 7. The highest BCUT2D eigenvalue weighted by Gasteiger charge is 2.27. The van der Waals surface area contributed by atoms with E-state index in [9.17, 15) is 18.0 Å². The molecule has 8 nitrogen and oxygen atoms in total. The molecule has 1 saturated heterocycles. The Morgan fingerprint density at radius 3 is 2.50 bits per heavy atom. The molecule has 1 N–H and O–H groups in total. The fourth-order valence-corrected chi connectivity index (χ4v) is 6.16. The number of aromatic nitrogens is 1. The summed E-state index contributed by atoms with van der Waals surface area (Å²) in [6, 6.07) is 15.1. The summed E-state index contributed by atoms with van der Waals surface area (Å²) in [6.07, 6.45) is 2.67. The normalized spacial score (nSPS) is 14.5. The second-order valence-corrected chi connectivity index (χ2v) is 10.7. The molecule has 4 rings (SSSR count). The molecular formula is C24H25N3O5S2. The summed E-state index contributed by atoms with van der Waals surface area (Å²) in [5.74, 6) is -1.03. The summed E-state index contributed by atoms with van der Waals surface area (Å²) in [5.41, 5.74) is 1.32. The van der Waals surface area contributed by atoms with Gasteiger partial charge in [0.15, 0.2) is 5.13 Å². The summed E-state index contributed by atoms with van der Waals surface area (Å²) >= 11 is 1.01. The lowest BCUT2D eigenvalue weighted by Crippen LogP contribution is -2.35. The highest BCUT2D eigenvalue weighted by Crippen LogP contribution is 2.32. The molecule has 0 bridgehead atoms.